The third-order valence-corrected chi connectivity index (χ3v) is 3.54. The van der Waals surface area contributed by atoms with E-state index in [4.69, 9.17) is 0 Å². The summed E-state index contributed by atoms with van der Waals surface area (Å²) in [5, 5.41) is 5.45. The van der Waals surface area contributed by atoms with Crippen LogP contribution in [0.5, 0.6) is 0 Å². The van der Waals surface area contributed by atoms with Gasteiger partial charge in [0, 0.05) is 24.0 Å². The van der Waals surface area contributed by atoms with E-state index in [-0.39, 0.29) is 23.4 Å². The van der Waals surface area contributed by atoms with Gasteiger partial charge in [0.25, 0.3) is 5.91 Å². The molecule has 0 aromatic carbocycles. The summed E-state index contributed by atoms with van der Waals surface area (Å²) < 4.78 is 0. The van der Waals surface area contributed by atoms with Gasteiger partial charge in [-0.2, -0.15) is 0 Å². The number of carbonyl (C=O) groups is 2. The first-order valence-electron chi connectivity index (χ1n) is 5.69. The Hall–Kier alpha value is -2.24. The van der Waals surface area contributed by atoms with Gasteiger partial charge in [0.05, 0.1) is 6.20 Å². The van der Waals surface area contributed by atoms with Crippen LogP contribution in [-0.2, 0) is 4.79 Å². The largest absolute Gasteiger partial charge is 0.336 e. The highest BCUT2D eigenvalue weighted by Crippen LogP contribution is 2.45. The van der Waals surface area contributed by atoms with Crippen molar-refractivity contribution in [3.8, 4) is 0 Å². The number of fused-ring (bicyclic) bond motifs is 2. The summed E-state index contributed by atoms with van der Waals surface area (Å²) in [6.45, 7) is 3.78. The molecule has 0 spiro atoms. The Bertz CT molecular complexity index is 534. The maximum Gasteiger partial charge on any atom is 0.272 e. The predicted molar refractivity (Wildman–Crippen MR) is 62.2 cm³/mol. The first-order valence-corrected chi connectivity index (χ1v) is 5.69. The van der Waals surface area contributed by atoms with Crippen LogP contribution < -0.4 is 10.6 Å². The number of rotatable bonds is 2. The van der Waals surface area contributed by atoms with Gasteiger partial charge in [0.1, 0.15) is 11.2 Å². The minimum Gasteiger partial charge on any atom is -0.336 e. The molecule has 6 nitrogen and oxygen atoms in total. The average Bonchev–Trinajstić information content (AvgIpc) is 2.32. The molecule has 1 aromatic heterocycles. The zero-order chi connectivity index (χ0) is 12.8. The molecule has 1 aromatic rings. The molecule has 4 rings (SSSR count). The summed E-state index contributed by atoms with van der Waals surface area (Å²) in [6, 6.07) is 0. The zero-order valence-corrected chi connectivity index (χ0v) is 9.64. The van der Waals surface area contributed by atoms with Crippen molar-refractivity contribution in [2.75, 3.05) is 0 Å². The summed E-state index contributed by atoms with van der Waals surface area (Å²) in [7, 11) is 0. The quantitative estimate of drug-likeness (QED) is 0.767. The molecule has 3 aliphatic rings. The number of nitrogens with zero attached hydrogens (tertiary/aromatic N) is 2. The van der Waals surface area contributed by atoms with Crippen molar-refractivity contribution in [1.29, 1.82) is 0 Å². The van der Waals surface area contributed by atoms with Gasteiger partial charge in [0.2, 0.25) is 5.91 Å². The van der Waals surface area contributed by atoms with Crippen LogP contribution in [0.2, 0.25) is 0 Å². The second-order valence-electron chi connectivity index (χ2n) is 4.71. The summed E-state index contributed by atoms with van der Waals surface area (Å²) in [5.41, 5.74) is 0.170. The lowest BCUT2D eigenvalue weighted by molar-refractivity contribution is -0.135. The van der Waals surface area contributed by atoms with E-state index < -0.39 is 5.54 Å². The number of allylic oxidation sites excluding steroid dienone is 1. The molecular weight excluding hydrogens is 232 g/mol. The Morgan fingerprint density at radius 1 is 1.50 bits per heavy atom. The van der Waals surface area contributed by atoms with E-state index in [2.05, 4.69) is 27.2 Å². The van der Waals surface area contributed by atoms with Crippen LogP contribution in [0.3, 0.4) is 0 Å². The van der Waals surface area contributed by atoms with Crippen molar-refractivity contribution in [3.63, 3.8) is 0 Å². The SMILES string of the molecule is C=C1NC(=O)C2(NC(=O)c3cnccn3)CC1C2. The smallest absolute Gasteiger partial charge is 0.272 e. The molecule has 1 saturated carbocycles. The fraction of sp³-hybridized carbons (Fsp3) is 0.333. The van der Waals surface area contributed by atoms with Crippen LogP contribution in [0.4, 0.5) is 0 Å². The number of nitrogens with one attached hydrogen (secondary N) is 2. The molecule has 0 radical (unpaired) electrons. The minimum atomic E-state index is -0.791. The number of carbonyl (C=O) groups excluding carboxylic acids is 2. The van der Waals surface area contributed by atoms with Crippen molar-refractivity contribution in [1.82, 2.24) is 20.6 Å². The van der Waals surface area contributed by atoms with Crippen molar-refractivity contribution in [2.45, 2.75) is 18.4 Å². The van der Waals surface area contributed by atoms with Crippen LogP contribution >= 0.6 is 0 Å². The zero-order valence-electron chi connectivity index (χ0n) is 9.64. The van der Waals surface area contributed by atoms with Crippen molar-refractivity contribution in [2.24, 2.45) is 5.92 Å². The normalized spacial score (nSPS) is 29.2. The van der Waals surface area contributed by atoms with Crippen molar-refractivity contribution < 1.29 is 9.59 Å². The summed E-state index contributed by atoms with van der Waals surface area (Å²) in [5.74, 6) is -0.290. The second kappa shape index (κ2) is 3.63. The molecule has 2 amide bonds. The topological polar surface area (TPSA) is 84.0 Å². The summed E-state index contributed by atoms with van der Waals surface area (Å²) >= 11 is 0. The van der Waals surface area contributed by atoms with E-state index in [0.29, 0.717) is 12.8 Å². The van der Waals surface area contributed by atoms with Gasteiger partial charge in [-0.1, -0.05) is 6.58 Å². The molecule has 6 heteroatoms. The standard InChI is InChI=1S/C12H12N4O2/c1-7-8-4-12(5-8,11(18)15-7)16-10(17)9-6-13-2-3-14-9/h2-3,6,8H,1,4-5H2,(H,15,18)(H,16,17). The molecular formula is C12H12N4O2. The van der Waals surface area contributed by atoms with Gasteiger partial charge < -0.3 is 10.6 Å². The number of hydrogen-bond acceptors (Lipinski definition) is 4. The fourth-order valence-corrected chi connectivity index (χ4v) is 2.44. The number of aromatic nitrogens is 2. The highest BCUT2D eigenvalue weighted by molar-refractivity contribution is 5.99. The maximum absolute atomic E-state index is 12.0. The fourth-order valence-electron chi connectivity index (χ4n) is 2.44. The second-order valence-corrected chi connectivity index (χ2v) is 4.71. The van der Waals surface area contributed by atoms with E-state index in [1.54, 1.807) is 0 Å². The molecule has 3 fully saturated rings. The molecule has 2 bridgehead atoms. The predicted octanol–water partition coefficient (Wildman–Crippen LogP) is -0.00130. The maximum atomic E-state index is 12.0. The molecule has 92 valence electrons. The molecule has 3 heterocycles. The third-order valence-electron chi connectivity index (χ3n) is 3.54. The van der Waals surface area contributed by atoms with E-state index >= 15 is 0 Å². The molecule has 2 aliphatic heterocycles. The molecule has 0 atom stereocenters. The van der Waals surface area contributed by atoms with Crippen molar-refractivity contribution >= 4 is 11.8 Å². The van der Waals surface area contributed by atoms with Crippen LogP contribution in [-0.4, -0.2) is 27.3 Å². The van der Waals surface area contributed by atoms with Gasteiger partial charge in [-0.15, -0.1) is 0 Å². The average molecular weight is 244 g/mol. The van der Waals surface area contributed by atoms with Gasteiger partial charge in [-0.3, -0.25) is 14.6 Å². The lowest BCUT2D eigenvalue weighted by Gasteiger charge is -2.51. The van der Waals surface area contributed by atoms with Crippen molar-refractivity contribution in [3.05, 3.63) is 36.6 Å². The molecule has 18 heavy (non-hydrogen) atoms. The summed E-state index contributed by atoms with van der Waals surface area (Å²) in [6.07, 6.45) is 5.54. The van der Waals surface area contributed by atoms with E-state index in [0.717, 1.165) is 5.70 Å². The highest BCUT2D eigenvalue weighted by atomic mass is 16.2. The van der Waals surface area contributed by atoms with Gasteiger partial charge in [-0.05, 0) is 12.8 Å². The lowest BCUT2D eigenvalue weighted by Crippen LogP contribution is -2.70. The van der Waals surface area contributed by atoms with E-state index in [9.17, 15) is 9.59 Å². The van der Waals surface area contributed by atoms with Crippen LogP contribution in [0.1, 0.15) is 23.3 Å². The Kier molecular flexibility index (Phi) is 2.19. The first-order chi connectivity index (χ1) is 8.61. The third kappa shape index (κ3) is 1.49. The highest BCUT2D eigenvalue weighted by Gasteiger charge is 2.56. The minimum absolute atomic E-state index is 0.188. The number of piperidine rings is 2. The number of hydrogen-bond donors (Lipinski definition) is 2. The van der Waals surface area contributed by atoms with Gasteiger partial charge in [-0.25, -0.2) is 4.98 Å². The van der Waals surface area contributed by atoms with Gasteiger partial charge >= 0.3 is 0 Å². The molecule has 2 N–H and O–H groups in total. The Morgan fingerprint density at radius 3 is 2.89 bits per heavy atom. The van der Waals surface area contributed by atoms with Gasteiger partial charge in [0.15, 0.2) is 0 Å². The monoisotopic (exact) mass is 244 g/mol. The van der Waals surface area contributed by atoms with E-state index in [1.807, 2.05) is 0 Å². The molecule has 0 unspecified atom stereocenters. The molecule has 2 saturated heterocycles. The van der Waals surface area contributed by atoms with E-state index in [1.165, 1.54) is 18.6 Å². The van der Waals surface area contributed by atoms with Crippen LogP contribution in [0, 0.1) is 5.92 Å². The Morgan fingerprint density at radius 2 is 2.28 bits per heavy atom. The summed E-state index contributed by atoms with van der Waals surface area (Å²) in [4.78, 5) is 31.6. The Labute approximate surface area is 104 Å². The lowest BCUT2D eigenvalue weighted by atomic mass is 9.63. The molecule has 1 aliphatic carbocycles. The number of amides is 2. The Balaban J connectivity index is 1.77. The first kappa shape index (κ1) is 10.9. The van der Waals surface area contributed by atoms with Crippen LogP contribution in [0.15, 0.2) is 30.9 Å². The van der Waals surface area contributed by atoms with Crippen LogP contribution in [0.25, 0.3) is 0 Å².